The Morgan fingerprint density at radius 3 is 2.33 bits per heavy atom. The third-order valence-corrected chi connectivity index (χ3v) is 5.94. The summed E-state index contributed by atoms with van der Waals surface area (Å²) < 4.78 is 30.8. The van der Waals surface area contributed by atoms with Gasteiger partial charge in [-0.2, -0.15) is 0 Å². The number of hydrogen-bond donors (Lipinski definition) is 2. The van der Waals surface area contributed by atoms with Crippen LogP contribution in [0.1, 0.15) is 15.9 Å². The third-order valence-electron chi connectivity index (χ3n) is 4.57. The van der Waals surface area contributed by atoms with Crippen LogP contribution in [0.3, 0.4) is 0 Å². The highest BCUT2D eigenvalue weighted by Gasteiger charge is 2.11. The zero-order valence-electron chi connectivity index (χ0n) is 17.7. The van der Waals surface area contributed by atoms with E-state index < -0.39 is 10.0 Å². The standard InChI is InChI=1S/C24H21N3O4S2/c1-33(29,30)27-20-11-7-18(8-12-20)22-16-32-24(25-22)26-23(28)19-9-13-21(14-10-19)31-15-17-5-3-2-4-6-17/h2-14,16,27H,15H2,1H3,(H,25,26,28). The van der Waals surface area contributed by atoms with Crippen LogP contribution in [0.4, 0.5) is 10.8 Å². The van der Waals surface area contributed by atoms with E-state index in [0.717, 1.165) is 17.4 Å². The molecule has 9 heteroatoms. The Hall–Kier alpha value is -3.69. The van der Waals surface area contributed by atoms with Crippen LogP contribution >= 0.6 is 11.3 Å². The number of nitrogens with zero attached hydrogens (tertiary/aromatic N) is 1. The fourth-order valence-electron chi connectivity index (χ4n) is 3.00. The SMILES string of the molecule is CS(=O)(=O)Nc1ccc(-c2csc(NC(=O)c3ccc(OCc4ccccc4)cc3)n2)cc1. The molecule has 168 valence electrons. The van der Waals surface area contributed by atoms with Gasteiger partial charge in [-0.05, 0) is 42.0 Å². The van der Waals surface area contributed by atoms with Crippen molar-refractivity contribution < 1.29 is 17.9 Å². The zero-order valence-corrected chi connectivity index (χ0v) is 19.3. The number of aromatic nitrogens is 1. The Bertz CT molecular complexity index is 1330. The first-order chi connectivity index (χ1) is 15.9. The van der Waals surface area contributed by atoms with Gasteiger partial charge in [0.1, 0.15) is 12.4 Å². The number of hydrogen-bond acceptors (Lipinski definition) is 6. The van der Waals surface area contributed by atoms with E-state index in [0.29, 0.717) is 34.4 Å². The first kappa shape index (κ1) is 22.5. The molecule has 1 heterocycles. The minimum Gasteiger partial charge on any atom is -0.489 e. The van der Waals surface area contributed by atoms with Gasteiger partial charge in [0.2, 0.25) is 10.0 Å². The molecule has 2 N–H and O–H groups in total. The number of carbonyl (C=O) groups is 1. The molecule has 0 bridgehead atoms. The number of nitrogens with one attached hydrogen (secondary N) is 2. The summed E-state index contributed by atoms with van der Waals surface area (Å²) in [5.41, 5.74) is 3.54. The summed E-state index contributed by atoms with van der Waals surface area (Å²) >= 11 is 1.31. The van der Waals surface area contributed by atoms with Gasteiger partial charge in [0.15, 0.2) is 5.13 Å². The first-order valence-corrected chi connectivity index (χ1v) is 12.7. The molecule has 0 spiro atoms. The number of benzene rings is 3. The molecule has 33 heavy (non-hydrogen) atoms. The molecular formula is C24H21N3O4S2. The quantitative estimate of drug-likeness (QED) is 0.370. The molecular weight excluding hydrogens is 458 g/mol. The number of thiazole rings is 1. The minimum atomic E-state index is -3.33. The Morgan fingerprint density at radius 1 is 0.970 bits per heavy atom. The predicted molar refractivity (Wildman–Crippen MR) is 131 cm³/mol. The molecule has 0 unspecified atom stereocenters. The Morgan fingerprint density at radius 2 is 1.67 bits per heavy atom. The lowest BCUT2D eigenvalue weighted by atomic mass is 10.1. The molecule has 4 rings (SSSR count). The van der Waals surface area contributed by atoms with Crippen LogP contribution in [-0.4, -0.2) is 25.6 Å². The molecule has 0 radical (unpaired) electrons. The second-order valence-electron chi connectivity index (χ2n) is 7.24. The van der Waals surface area contributed by atoms with Crippen LogP contribution in [0.5, 0.6) is 5.75 Å². The lowest BCUT2D eigenvalue weighted by Crippen LogP contribution is -2.11. The smallest absolute Gasteiger partial charge is 0.257 e. The van der Waals surface area contributed by atoms with Crippen molar-refractivity contribution >= 4 is 38.1 Å². The molecule has 0 aliphatic heterocycles. The summed E-state index contributed by atoms with van der Waals surface area (Å²) in [5.74, 6) is 0.416. The van der Waals surface area contributed by atoms with Crippen molar-refractivity contribution in [2.45, 2.75) is 6.61 Å². The molecule has 4 aromatic rings. The second kappa shape index (κ2) is 9.85. The highest BCUT2D eigenvalue weighted by Crippen LogP contribution is 2.26. The molecule has 0 fully saturated rings. The van der Waals surface area contributed by atoms with Crippen molar-refractivity contribution in [2.24, 2.45) is 0 Å². The molecule has 7 nitrogen and oxygen atoms in total. The molecule has 1 aromatic heterocycles. The summed E-state index contributed by atoms with van der Waals surface area (Å²) in [6.07, 6.45) is 1.10. The van der Waals surface area contributed by atoms with Gasteiger partial charge >= 0.3 is 0 Å². The Balaban J connectivity index is 1.35. The zero-order chi connectivity index (χ0) is 23.3. The van der Waals surface area contributed by atoms with Crippen LogP contribution < -0.4 is 14.8 Å². The van der Waals surface area contributed by atoms with Gasteiger partial charge in [0, 0.05) is 22.2 Å². The van der Waals surface area contributed by atoms with E-state index in [1.807, 2.05) is 35.7 Å². The van der Waals surface area contributed by atoms with E-state index in [4.69, 9.17) is 4.74 Å². The van der Waals surface area contributed by atoms with Crippen LogP contribution in [0, 0.1) is 0 Å². The summed E-state index contributed by atoms with van der Waals surface area (Å²) in [6.45, 7) is 0.458. The summed E-state index contributed by atoms with van der Waals surface area (Å²) in [5, 5.41) is 5.10. The molecule has 0 aliphatic carbocycles. The number of ether oxygens (including phenoxy) is 1. The monoisotopic (exact) mass is 479 g/mol. The maximum atomic E-state index is 12.6. The van der Waals surface area contributed by atoms with Crippen molar-refractivity contribution in [1.29, 1.82) is 0 Å². The van der Waals surface area contributed by atoms with E-state index in [1.54, 1.807) is 48.5 Å². The van der Waals surface area contributed by atoms with E-state index in [-0.39, 0.29) is 5.91 Å². The van der Waals surface area contributed by atoms with Gasteiger partial charge < -0.3 is 4.74 Å². The van der Waals surface area contributed by atoms with Crippen LogP contribution in [-0.2, 0) is 16.6 Å². The number of carbonyl (C=O) groups excluding carboxylic acids is 1. The Labute approximate surface area is 196 Å². The largest absolute Gasteiger partial charge is 0.489 e. The van der Waals surface area contributed by atoms with E-state index in [2.05, 4.69) is 15.0 Å². The van der Waals surface area contributed by atoms with E-state index >= 15 is 0 Å². The summed E-state index contributed by atoms with van der Waals surface area (Å²) in [7, 11) is -3.33. The topological polar surface area (TPSA) is 97.4 Å². The molecule has 0 atom stereocenters. The maximum Gasteiger partial charge on any atom is 0.257 e. The fourth-order valence-corrected chi connectivity index (χ4v) is 4.28. The lowest BCUT2D eigenvalue weighted by Gasteiger charge is -2.07. The number of rotatable bonds is 8. The maximum absolute atomic E-state index is 12.6. The molecule has 0 saturated carbocycles. The minimum absolute atomic E-state index is 0.266. The highest BCUT2D eigenvalue weighted by atomic mass is 32.2. The van der Waals surface area contributed by atoms with Crippen molar-refractivity contribution in [3.05, 3.63) is 95.4 Å². The third kappa shape index (κ3) is 6.41. The first-order valence-electron chi connectivity index (χ1n) is 9.98. The number of sulfonamides is 1. The van der Waals surface area contributed by atoms with Gasteiger partial charge in [-0.25, -0.2) is 13.4 Å². The number of anilines is 2. The van der Waals surface area contributed by atoms with Crippen LogP contribution in [0.2, 0.25) is 0 Å². The average Bonchev–Trinajstić information content (AvgIpc) is 3.26. The van der Waals surface area contributed by atoms with Gasteiger partial charge in [0.05, 0.1) is 11.9 Å². The van der Waals surface area contributed by atoms with Gasteiger partial charge in [-0.15, -0.1) is 11.3 Å². The molecule has 0 aliphatic rings. The normalized spacial score (nSPS) is 11.1. The number of amides is 1. The molecule has 1 amide bonds. The van der Waals surface area contributed by atoms with E-state index in [9.17, 15) is 13.2 Å². The molecule has 0 saturated heterocycles. The fraction of sp³-hybridized carbons (Fsp3) is 0.0833. The average molecular weight is 480 g/mol. The Kier molecular flexibility index (Phi) is 6.71. The van der Waals surface area contributed by atoms with Gasteiger partial charge in [0.25, 0.3) is 5.91 Å². The summed E-state index contributed by atoms with van der Waals surface area (Å²) in [4.78, 5) is 17.0. The van der Waals surface area contributed by atoms with Gasteiger partial charge in [-0.3, -0.25) is 14.8 Å². The van der Waals surface area contributed by atoms with Crippen molar-refractivity contribution in [2.75, 3.05) is 16.3 Å². The second-order valence-corrected chi connectivity index (χ2v) is 9.85. The lowest BCUT2D eigenvalue weighted by molar-refractivity contribution is 0.102. The highest BCUT2D eigenvalue weighted by molar-refractivity contribution is 7.92. The van der Waals surface area contributed by atoms with Crippen LogP contribution in [0.25, 0.3) is 11.3 Å². The summed E-state index contributed by atoms with van der Waals surface area (Å²) in [6, 6.07) is 23.6. The van der Waals surface area contributed by atoms with Crippen molar-refractivity contribution in [1.82, 2.24) is 4.98 Å². The molecule has 3 aromatic carbocycles. The van der Waals surface area contributed by atoms with Crippen molar-refractivity contribution in [3.63, 3.8) is 0 Å². The van der Waals surface area contributed by atoms with Crippen LogP contribution in [0.15, 0.2) is 84.2 Å². The van der Waals surface area contributed by atoms with E-state index in [1.165, 1.54) is 11.3 Å². The predicted octanol–water partition coefficient (Wildman–Crippen LogP) is 5.01. The van der Waals surface area contributed by atoms with Gasteiger partial charge in [-0.1, -0.05) is 42.5 Å². The van der Waals surface area contributed by atoms with Crippen molar-refractivity contribution in [3.8, 4) is 17.0 Å².